The summed E-state index contributed by atoms with van der Waals surface area (Å²) in [6, 6.07) is 13.4. The molecule has 0 unspecified atom stereocenters. The number of thioether (sulfide) groups is 1. The molecule has 0 aromatic heterocycles. The molecule has 1 saturated heterocycles. The van der Waals surface area contributed by atoms with Gasteiger partial charge in [0, 0.05) is 23.5 Å². The minimum absolute atomic E-state index is 0.0876. The molecule has 1 fully saturated rings. The van der Waals surface area contributed by atoms with Gasteiger partial charge in [0.15, 0.2) is 0 Å². The molecule has 0 spiro atoms. The van der Waals surface area contributed by atoms with Crippen LogP contribution in [0.3, 0.4) is 0 Å². The molecule has 166 valence electrons. The van der Waals surface area contributed by atoms with Crippen molar-refractivity contribution in [1.29, 1.82) is 0 Å². The van der Waals surface area contributed by atoms with Crippen molar-refractivity contribution < 1.29 is 19.1 Å². The Morgan fingerprint density at radius 1 is 1.16 bits per heavy atom. The second kappa shape index (κ2) is 9.61. The number of likely N-dealkylation sites (tertiary alicyclic amines) is 1. The molecule has 2 aromatic carbocycles. The van der Waals surface area contributed by atoms with E-state index in [4.69, 9.17) is 4.74 Å². The summed E-state index contributed by atoms with van der Waals surface area (Å²) in [5.41, 5.74) is 3.31. The average Bonchev–Trinajstić information content (AvgIpc) is 2.80. The van der Waals surface area contributed by atoms with Gasteiger partial charge in [0.25, 0.3) is 11.8 Å². The van der Waals surface area contributed by atoms with E-state index in [2.05, 4.69) is 5.32 Å². The summed E-state index contributed by atoms with van der Waals surface area (Å²) in [6.07, 6.45) is 3.08. The third kappa shape index (κ3) is 4.88. The maximum absolute atomic E-state index is 13.0. The van der Waals surface area contributed by atoms with Gasteiger partial charge in [0.05, 0.1) is 23.1 Å². The first kappa shape index (κ1) is 22.1. The zero-order chi connectivity index (χ0) is 22.7. The van der Waals surface area contributed by atoms with Crippen molar-refractivity contribution in [2.24, 2.45) is 5.92 Å². The molecule has 2 aliphatic rings. The Kier molecular flexibility index (Phi) is 6.65. The molecule has 0 bridgehead atoms. The Balaban J connectivity index is 1.44. The Labute approximate surface area is 192 Å². The number of fused-ring (bicyclic) bond motifs is 1. The number of hydrogen-bond acceptors (Lipinski definition) is 5. The van der Waals surface area contributed by atoms with Crippen LogP contribution in [0.15, 0.2) is 52.3 Å². The van der Waals surface area contributed by atoms with E-state index >= 15 is 0 Å². The molecule has 32 heavy (non-hydrogen) atoms. The third-order valence-corrected chi connectivity index (χ3v) is 6.79. The summed E-state index contributed by atoms with van der Waals surface area (Å²) in [5, 5.41) is 2.92. The van der Waals surface area contributed by atoms with Crippen molar-refractivity contribution in [1.82, 2.24) is 4.90 Å². The highest BCUT2D eigenvalue weighted by Gasteiger charge is 2.29. The number of nitrogens with one attached hydrogen (secondary N) is 1. The predicted octanol–water partition coefficient (Wildman–Crippen LogP) is 4.50. The van der Waals surface area contributed by atoms with Gasteiger partial charge in [-0.3, -0.25) is 14.4 Å². The largest absolute Gasteiger partial charge is 0.466 e. The molecule has 0 radical (unpaired) electrons. The van der Waals surface area contributed by atoms with E-state index in [1.165, 1.54) is 17.3 Å². The summed E-state index contributed by atoms with van der Waals surface area (Å²) >= 11 is 1.40. The van der Waals surface area contributed by atoms with Crippen molar-refractivity contribution in [2.75, 3.05) is 25.0 Å². The highest BCUT2D eigenvalue weighted by atomic mass is 32.2. The Morgan fingerprint density at radius 2 is 1.88 bits per heavy atom. The smallest absolute Gasteiger partial charge is 0.309 e. The van der Waals surface area contributed by atoms with Crippen LogP contribution in [-0.2, 0) is 14.3 Å². The van der Waals surface area contributed by atoms with E-state index in [0.29, 0.717) is 48.7 Å². The third-order valence-electron chi connectivity index (χ3n) is 5.70. The van der Waals surface area contributed by atoms with Crippen molar-refractivity contribution in [3.8, 4) is 0 Å². The van der Waals surface area contributed by atoms with Crippen LogP contribution in [0.1, 0.15) is 41.3 Å². The molecule has 2 aliphatic heterocycles. The Morgan fingerprint density at radius 3 is 2.56 bits per heavy atom. The van der Waals surface area contributed by atoms with Gasteiger partial charge in [-0.1, -0.05) is 41.6 Å². The van der Waals surface area contributed by atoms with Crippen LogP contribution in [0, 0.1) is 12.8 Å². The molecule has 0 atom stereocenters. The van der Waals surface area contributed by atoms with Crippen molar-refractivity contribution >= 4 is 41.3 Å². The molecular formula is C25H26N2O4S. The van der Waals surface area contributed by atoms with E-state index in [1.807, 2.05) is 43.3 Å². The topological polar surface area (TPSA) is 75.7 Å². The monoisotopic (exact) mass is 450 g/mol. The second-order valence-corrected chi connectivity index (χ2v) is 9.09. The molecule has 2 aromatic rings. The molecule has 7 heteroatoms. The van der Waals surface area contributed by atoms with E-state index in [-0.39, 0.29) is 23.7 Å². The summed E-state index contributed by atoms with van der Waals surface area (Å²) in [4.78, 5) is 40.8. The number of hydrogen-bond donors (Lipinski definition) is 1. The van der Waals surface area contributed by atoms with Crippen molar-refractivity contribution in [3.05, 3.63) is 64.1 Å². The molecular weight excluding hydrogens is 424 g/mol. The number of rotatable bonds is 4. The van der Waals surface area contributed by atoms with Gasteiger partial charge < -0.3 is 15.0 Å². The van der Waals surface area contributed by atoms with Crippen LogP contribution in [0.5, 0.6) is 0 Å². The minimum Gasteiger partial charge on any atom is -0.466 e. The van der Waals surface area contributed by atoms with Crippen LogP contribution >= 0.6 is 11.8 Å². The number of nitrogens with zero attached hydrogens (tertiary/aromatic N) is 1. The first-order chi connectivity index (χ1) is 15.4. The first-order valence-corrected chi connectivity index (χ1v) is 11.6. The fraction of sp³-hybridized carbons (Fsp3) is 0.320. The number of amides is 2. The Bertz CT molecular complexity index is 1070. The minimum atomic E-state index is -0.178. The van der Waals surface area contributed by atoms with Gasteiger partial charge in [0.1, 0.15) is 0 Å². The lowest BCUT2D eigenvalue weighted by Crippen LogP contribution is -2.40. The molecule has 2 amide bonds. The number of carbonyl (C=O) groups is 3. The number of benzene rings is 2. The fourth-order valence-corrected chi connectivity index (χ4v) is 4.80. The molecule has 0 saturated carbocycles. The van der Waals surface area contributed by atoms with Crippen LogP contribution in [-0.4, -0.2) is 42.4 Å². The number of piperidine rings is 1. The lowest BCUT2D eigenvalue weighted by atomic mass is 9.96. The number of ether oxygens (including phenoxy) is 1. The van der Waals surface area contributed by atoms with Gasteiger partial charge in [-0.2, -0.15) is 0 Å². The van der Waals surface area contributed by atoms with E-state index in [1.54, 1.807) is 24.0 Å². The van der Waals surface area contributed by atoms with Crippen molar-refractivity contribution in [2.45, 2.75) is 31.6 Å². The fourth-order valence-electron chi connectivity index (χ4n) is 3.87. The average molecular weight is 451 g/mol. The number of carbonyl (C=O) groups excluding carboxylic acids is 3. The van der Waals surface area contributed by atoms with E-state index < -0.39 is 0 Å². The molecule has 4 rings (SSSR count). The molecule has 0 aliphatic carbocycles. The van der Waals surface area contributed by atoms with Gasteiger partial charge in [-0.15, -0.1) is 0 Å². The summed E-state index contributed by atoms with van der Waals surface area (Å²) < 4.78 is 5.10. The quantitative estimate of drug-likeness (QED) is 0.549. The van der Waals surface area contributed by atoms with Gasteiger partial charge in [-0.05, 0) is 56.5 Å². The van der Waals surface area contributed by atoms with Crippen LogP contribution < -0.4 is 5.32 Å². The zero-order valence-corrected chi connectivity index (χ0v) is 19.0. The summed E-state index contributed by atoms with van der Waals surface area (Å²) in [7, 11) is 0. The highest BCUT2D eigenvalue weighted by molar-refractivity contribution is 8.04. The van der Waals surface area contributed by atoms with E-state index in [0.717, 1.165) is 10.5 Å². The van der Waals surface area contributed by atoms with Crippen molar-refractivity contribution in [3.63, 3.8) is 0 Å². The van der Waals surface area contributed by atoms with Gasteiger partial charge in [0.2, 0.25) is 0 Å². The lowest BCUT2D eigenvalue weighted by Gasteiger charge is -2.31. The number of aryl methyl sites for hydroxylation is 1. The van der Waals surface area contributed by atoms with Crippen LogP contribution in [0.4, 0.5) is 5.69 Å². The molecule has 2 heterocycles. The zero-order valence-electron chi connectivity index (χ0n) is 18.2. The molecule has 6 nitrogen and oxygen atoms in total. The standard InChI is InChI=1S/C25H26N2O4S/c1-3-31-25(30)18-10-12-27(13-11-18)24(29)19-8-9-21-20(15-19)26-23(28)22(32-21)14-17-6-4-16(2)5-7-17/h4-9,14-15,18H,3,10-13H2,1-2H3,(H,26,28)/b22-14+. The number of anilines is 1. The maximum Gasteiger partial charge on any atom is 0.309 e. The SMILES string of the molecule is CCOC(=O)C1CCN(C(=O)c2ccc3c(c2)NC(=O)/C(=C\c2ccc(C)cc2)S3)CC1. The van der Waals surface area contributed by atoms with Gasteiger partial charge in [-0.25, -0.2) is 0 Å². The van der Waals surface area contributed by atoms with Crippen LogP contribution in [0.2, 0.25) is 0 Å². The highest BCUT2D eigenvalue weighted by Crippen LogP contribution is 2.39. The predicted molar refractivity (Wildman–Crippen MR) is 125 cm³/mol. The summed E-state index contributed by atoms with van der Waals surface area (Å²) in [6.45, 7) is 5.23. The first-order valence-electron chi connectivity index (χ1n) is 10.8. The lowest BCUT2D eigenvalue weighted by molar-refractivity contribution is -0.149. The second-order valence-electron chi connectivity index (χ2n) is 8.00. The summed E-state index contributed by atoms with van der Waals surface area (Å²) in [5.74, 6) is -0.585. The van der Waals surface area contributed by atoms with E-state index in [9.17, 15) is 14.4 Å². The maximum atomic E-state index is 13.0. The van der Waals surface area contributed by atoms with Crippen LogP contribution in [0.25, 0.3) is 6.08 Å². The molecule has 1 N–H and O–H groups in total. The number of esters is 1. The normalized spacial score (nSPS) is 17.6. The van der Waals surface area contributed by atoms with Gasteiger partial charge >= 0.3 is 5.97 Å². The Hall–Kier alpha value is -3.06.